The fourth-order valence-electron chi connectivity index (χ4n) is 2.71. The summed E-state index contributed by atoms with van der Waals surface area (Å²) in [7, 11) is 0. The molecule has 0 spiro atoms. The van der Waals surface area contributed by atoms with Gasteiger partial charge in [-0.1, -0.05) is 42.5 Å². The van der Waals surface area contributed by atoms with Gasteiger partial charge in [-0.2, -0.15) is 0 Å². The zero-order chi connectivity index (χ0) is 21.3. The maximum atomic E-state index is 12.3. The van der Waals surface area contributed by atoms with E-state index in [2.05, 4.69) is 16.2 Å². The highest BCUT2D eigenvalue weighted by molar-refractivity contribution is 7.80. The molecular weight excluding hydrogens is 398 g/mol. The van der Waals surface area contributed by atoms with Gasteiger partial charge in [-0.15, -0.1) is 0 Å². The predicted molar refractivity (Wildman–Crippen MR) is 120 cm³/mol. The van der Waals surface area contributed by atoms with Gasteiger partial charge in [0, 0.05) is 11.1 Å². The van der Waals surface area contributed by atoms with Crippen molar-refractivity contribution in [2.75, 3.05) is 6.61 Å². The molecule has 0 heterocycles. The molecule has 0 radical (unpaired) electrons. The summed E-state index contributed by atoms with van der Waals surface area (Å²) in [6.45, 7) is 2.44. The van der Waals surface area contributed by atoms with Crippen molar-refractivity contribution in [2.24, 2.45) is 0 Å². The predicted octanol–water partition coefficient (Wildman–Crippen LogP) is 3.70. The van der Waals surface area contributed by atoms with Crippen LogP contribution in [-0.4, -0.2) is 23.5 Å². The molecule has 0 saturated carbocycles. The van der Waals surface area contributed by atoms with Crippen molar-refractivity contribution in [3.05, 3.63) is 90.0 Å². The first-order valence-electron chi connectivity index (χ1n) is 9.37. The molecule has 0 bridgehead atoms. The lowest BCUT2D eigenvalue weighted by Crippen LogP contribution is -2.48. The normalized spacial score (nSPS) is 10.0. The number of rotatable bonds is 5. The molecule has 0 unspecified atom stereocenters. The van der Waals surface area contributed by atoms with E-state index in [0.717, 1.165) is 11.1 Å². The van der Waals surface area contributed by atoms with Gasteiger partial charge in [-0.3, -0.25) is 25.8 Å². The Labute approximate surface area is 180 Å². The summed E-state index contributed by atoms with van der Waals surface area (Å²) in [5.41, 5.74) is 7.98. The molecule has 152 valence electrons. The van der Waals surface area contributed by atoms with Crippen molar-refractivity contribution in [1.82, 2.24) is 16.2 Å². The third kappa shape index (κ3) is 5.65. The van der Waals surface area contributed by atoms with Crippen LogP contribution in [0.4, 0.5) is 0 Å². The standard InChI is InChI=1S/C23H21N3O3S/c1-2-29-20-14-12-18(13-15-20)21(27)24-23(30)26-25-22(28)19-10-8-17(9-11-19)16-6-4-3-5-7-16/h3-15H,2H2,1H3,(H,25,28)(H2,24,26,27,30). The van der Waals surface area contributed by atoms with Crippen LogP contribution in [-0.2, 0) is 0 Å². The van der Waals surface area contributed by atoms with Crippen molar-refractivity contribution < 1.29 is 14.3 Å². The van der Waals surface area contributed by atoms with Gasteiger partial charge in [-0.25, -0.2) is 0 Å². The summed E-state index contributed by atoms with van der Waals surface area (Å²) in [5, 5.41) is 2.50. The molecule has 0 atom stereocenters. The molecular formula is C23H21N3O3S. The summed E-state index contributed by atoms with van der Waals surface area (Å²) < 4.78 is 5.34. The lowest BCUT2D eigenvalue weighted by molar-refractivity contribution is 0.0934. The fourth-order valence-corrected chi connectivity index (χ4v) is 2.85. The minimum absolute atomic E-state index is 0.0110. The summed E-state index contributed by atoms with van der Waals surface area (Å²) >= 11 is 5.07. The van der Waals surface area contributed by atoms with Gasteiger partial charge in [0.1, 0.15) is 5.75 Å². The second kappa shape index (κ2) is 10.2. The van der Waals surface area contributed by atoms with E-state index in [1.165, 1.54) is 0 Å². The van der Waals surface area contributed by atoms with E-state index in [1.807, 2.05) is 49.4 Å². The molecule has 0 fully saturated rings. The van der Waals surface area contributed by atoms with E-state index in [-0.39, 0.29) is 11.0 Å². The van der Waals surface area contributed by atoms with E-state index >= 15 is 0 Å². The average molecular weight is 420 g/mol. The molecule has 30 heavy (non-hydrogen) atoms. The lowest BCUT2D eigenvalue weighted by atomic mass is 10.0. The Morgan fingerprint density at radius 2 is 1.33 bits per heavy atom. The quantitative estimate of drug-likeness (QED) is 0.434. The Balaban J connectivity index is 1.50. The second-order valence-electron chi connectivity index (χ2n) is 6.26. The average Bonchev–Trinajstić information content (AvgIpc) is 2.79. The first kappa shape index (κ1) is 21.0. The van der Waals surface area contributed by atoms with Crippen LogP contribution in [0.2, 0.25) is 0 Å². The van der Waals surface area contributed by atoms with Crippen LogP contribution in [0.25, 0.3) is 11.1 Å². The van der Waals surface area contributed by atoms with E-state index in [9.17, 15) is 9.59 Å². The van der Waals surface area contributed by atoms with E-state index < -0.39 is 5.91 Å². The molecule has 3 aromatic carbocycles. The second-order valence-corrected chi connectivity index (χ2v) is 6.67. The largest absolute Gasteiger partial charge is 0.494 e. The highest BCUT2D eigenvalue weighted by Gasteiger charge is 2.10. The summed E-state index contributed by atoms with van der Waals surface area (Å²) in [6, 6.07) is 23.7. The molecule has 3 rings (SSSR count). The molecule has 2 amide bonds. The zero-order valence-electron chi connectivity index (χ0n) is 16.3. The summed E-state index contributed by atoms with van der Waals surface area (Å²) in [5.74, 6) is -0.0791. The number of nitrogens with one attached hydrogen (secondary N) is 3. The van der Waals surface area contributed by atoms with Crippen molar-refractivity contribution >= 4 is 29.1 Å². The minimum Gasteiger partial charge on any atom is -0.494 e. The van der Waals surface area contributed by atoms with Gasteiger partial charge in [0.25, 0.3) is 11.8 Å². The smallest absolute Gasteiger partial charge is 0.269 e. The molecule has 3 aromatic rings. The van der Waals surface area contributed by atoms with Gasteiger partial charge in [-0.05, 0) is 66.7 Å². The van der Waals surface area contributed by atoms with Crippen molar-refractivity contribution in [2.45, 2.75) is 6.92 Å². The summed E-state index contributed by atoms with van der Waals surface area (Å²) in [6.07, 6.45) is 0. The number of amides is 2. The van der Waals surface area contributed by atoms with E-state index in [1.54, 1.807) is 36.4 Å². The first-order chi connectivity index (χ1) is 14.6. The highest BCUT2D eigenvalue weighted by Crippen LogP contribution is 2.19. The van der Waals surface area contributed by atoms with Crippen LogP contribution in [0.3, 0.4) is 0 Å². The minimum atomic E-state index is -0.392. The zero-order valence-corrected chi connectivity index (χ0v) is 17.2. The van der Waals surface area contributed by atoms with Gasteiger partial charge >= 0.3 is 0 Å². The monoisotopic (exact) mass is 419 g/mol. The summed E-state index contributed by atoms with van der Waals surface area (Å²) in [4.78, 5) is 24.5. The van der Waals surface area contributed by atoms with Crippen molar-refractivity contribution in [3.8, 4) is 16.9 Å². The Bertz CT molecular complexity index is 1020. The molecule has 0 aliphatic rings. The first-order valence-corrected chi connectivity index (χ1v) is 9.77. The third-order valence-electron chi connectivity index (χ3n) is 4.20. The van der Waals surface area contributed by atoms with Crippen LogP contribution >= 0.6 is 12.2 Å². The van der Waals surface area contributed by atoms with E-state index in [4.69, 9.17) is 17.0 Å². The highest BCUT2D eigenvalue weighted by atomic mass is 32.1. The fraction of sp³-hybridized carbons (Fsp3) is 0.0870. The van der Waals surface area contributed by atoms with Gasteiger partial charge in [0.15, 0.2) is 5.11 Å². The lowest BCUT2D eigenvalue weighted by Gasteiger charge is -2.11. The van der Waals surface area contributed by atoms with Gasteiger partial charge in [0.2, 0.25) is 0 Å². The molecule has 6 nitrogen and oxygen atoms in total. The number of hydrogen-bond donors (Lipinski definition) is 3. The topological polar surface area (TPSA) is 79.5 Å². The van der Waals surface area contributed by atoms with Crippen LogP contribution in [0.5, 0.6) is 5.75 Å². The van der Waals surface area contributed by atoms with Crippen molar-refractivity contribution in [3.63, 3.8) is 0 Å². The third-order valence-corrected chi connectivity index (χ3v) is 4.40. The van der Waals surface area contributed by atoms with Crippen LogP contribution in [0.1, 0.15) is 27.6 Å². The molecule has 7 heteroatoms. The Kier molecular flexibility index (Phi) is 7.13. The Hall–Kier alpha value is -3.71. The number of carbonyl (C=O) groups excluding carboxylic acids is 2. The number of hydrazine groups is 1. The van der Waals surface area contributed by atoms with Crippen LogP contribution in [0.15, 0.2) is 78.9 Å². The maximum Gasteiger partial charge on any atom is 0.269 e. The van der Waals surface area contributed by atoms with E-state index in [0.29, 0.717) is 23.5 Å². The van der Waals surface area contributed by atoms with Crippen molar-refractivity contribution in [1.29, 1.82) is 0 Å². The molecule has 0 saturated heterocycles. The maximum absolute atomic E-state index is 12.3. The molecule has 3 N–H and O–H groups in total. The molecule has 0 aliphatic carbocycles. The SMILES string of the molecule is CCOc1ccc(C(=O)NC(=S)NNC(=O)c2ccc(-c3ccccc3)cc2)cc1. The molecule has 0 aromatic heterocycles. The number of carbonyl (C=O) groups is 2. The Morgan fingerprint density at radius 1 is 0.767 bits per heavy atom. The number of thiocarbonyl (C=S) groups is 1. The number of benzene rings is 3. The van der Waals surface area contributed by atoms with Crippen LogP contribution < -0.4 is 20.9 Å². The van der Waals surface area contributed by atoms with Gasteiger partial charge in [0.05, 0.1) is 6.61 Å². The number of hydrogen-bond acceptors (Lipinski definition) is 4. The van der Waals surface area contributed by atoms with Crippen LogP contribution in [0, 0.1) is 0 Å². The number of ether oxygens (including phenoxy) is 1. The molecule has 0 aliphatic heterocycles. The Morgan fingerprint density at radius 3 is 1.97 bits per heavy atom. The van der Waals surface area contributed by atoms with Gasteiger partial charge < -0.3 is 4.74 Å².